The van der Waals surface area contributed by atoms with Gasteiger partial charge in [-0.25, -0.2) is 0 Å². The largest absolute Gasteiger partial charge is 0.387 e. The van der Waals surface area contributed by atoms with E-state index < -0.39 is 12.2 Å². The zero-order valence-electron chi connectivity index (χ0n) is 8.97. The number of carbonyl (C=O) groups excluding carboxylic acids is 1. The zero-order chi connectivity index (χ0) is 11.4. The molecule has 2 atom stereocenters. The molecule has 0 amide bonds. The van der Waals surface area contributed by atoms with Crippen molar-refractivity contribution in [2.45, 2.75) is 32.1 Å². The summed E-state index contributed by atoms with van der Waals surface area (Å²) in [5.74, 6) is -0.379. The molecule has 84 valence electrons. The summed E-state index contributed by atoms with van der Waals surface area (Å²) in [6, 6.07) is 0.286. The molecule has 0 saturated heterocycles. The lowest BCUT2D eigenvalue weighted by Crippen LogP contribution is -2.34. The van der Waals surface area contributed by atoms with Gasteiger partial charge in [0.05, 0.1) is 6.10 Å². The molecule has 4 heteroatoms. The molecule has 0 spiro atoms. The van der Waals surface area contributed by atoms with Crippen molar-refractivity contribution in [2.75, 3.05) is 6.54 Å². The van der Waals surface area contributed by atoms with Crippen molar-refractivity contribution in [3.05, 3.63) is 23.8 Å². The summed E-state index contributed by atoms with van der Waals surface area (Å²) in [4.78, 5) is 11.1. The maximum Gasteiger partial charge on any atom is 0.188 e. The second kappa shape index (κ2) is 5.21. The number of hydrogen-bond acceptors (Lipinski definition) is 4. The monoisotopic (exact) mass is 211 g/mol. The summed E-state index contributed by atoms with van der Waals surface area (Å²) in [6.07, 6.45) is 2.49. The molecular formula is C11H17NO3. The van der Waals surface area contributed by atoms with Gasteiger partial charge < -0.3 is 15.5 Å². The summed E-state index contributed by atoms with van der Waals surface area (Å²) < 4.78 is 0. The van der Waals surface area contributed by atoms with Crippen LogP contribution in [0.1, 0.15) is 13.8 Å². The number of nitrogens with one attached hydrogen (secondary N) is 1. The van der Waals surface area contributed by atoms with Gasteiger partial charge in [0.2, 0.25) is 0 Å². The molecule has 1 rings (SSSR count). The normalized spacial score (nSPS) is 23.1. The van der Waals surface area contributed by atoms with Gasteiger partial charge in [0.15, 0.2) is 5.78 Å². The Balaban J connectivity index is 2.54. The topological polar surface area (TPSA) is 69.6 Å². The van der Waals surface area contributed by atoms with Crippen molar-refractivity contribution in [1.82, 2.24) is 5.32 Å². The molecule has 0 aromatic carbocycles. The van der Waals surface area contributed by atoms with Gasteiger partial charge in [0.1, 0.15) is 6.10 Å². The van der Waals surface area contributed by atoms with Crippen LogP contribution in [0.4, 0.5) is 0 Å². The van der Waals surface area contributed by atoms with E-state index in [1.165, 1.54) is 12.2 Å². The third-order valence-electron chi connectivity index (χ3n) is 2.18. The molecule has 4 nitrogen and oxygen atoms in total. The Morgan fingerprint density at radius 3 is 2.73 bits per heavy atom. The van der Waals surface area contributed by atoms with Gasteiger partial charge in [-0.3, -0.25) is 4.79 Å². The van der Waals surface area contributed by atoms with Crippen molar-refractivity contribution in [2.24, 2.45) is 0 Å². The van der Waals surface area contributed by atoms with Crippen LogP contribution in [0.15, 0.2) is 23.8 Å². The molecule has 15 heavy (non-hydrogen) atoms. The van der Waals surface area contributed by atoms with Gasteiger partial charge in [-0.15, -0.1) is 0 Å². The standard InChI is InChI=1S/C11H17NO3/c1-7(2)12-6-11(15)8-3-4-9(13)10(14)5-8/h3-5,7,9,11-13,15H,6H2,1-2H3. The maximum absolute atomic E-state index is 11.1. The quantitative estimate of drug-likeness (QED) is 0.601. The third kappa shape index (κ3) is 3.58. The Morgan fingerprint density at radius 1 is 1.53 bits per heavy atom. The van der Waals surface area contributed by atoms with Crippen LogP contribution in [0.2, 0.25) is 0 Å². The molecular weight excluding hydrogens is 194 g/mol. The van der Waals surface area contributed by atoms with Gasteiger partial charge in [0.25, 0.3) is 0 Å². The smallest absolute Gasteiger partial charge is 0.188 e. The summed E-state index contributed by atoms with van der Waals surface area (Å²) in [5.41, 5.74) is 0.540. The first-order valence-corrected chi connectivity index (χ1v) is 5.04. The van der Waals surface area contributed by atoms with Crippen molar-refractivity contribution in [1.29, 1.82) is 0 Å². The molecule has 0 bridgehead atoms. The molecule has 0 saturated carbocycles. The van der Waals surface area contributed by atoms with Crippen LogP contribution in [0.25, 0.3) is 0 Å². The number of aliphatic hydroxyl groups excluding tert-OH is 2. The molecule has 0 aromatic heterocycles. The number of aliphatic hydroxyl groups is 2. The van der Waals surface area contributed by atoms with E-state index in [9.17, 15) is 9.90 Å². The second-order valence-corrected chi connectivity index (χ2v) is 3.93. The van der Waals surface area contributed by atoms with Crippen molar-refractivity contribution >= 4 is 5.78 Å². The molecule has 0 radical (unpaired) electrons. The Labute approximate surface area is 89.3 Å². The molecule has 0 aromatic rings. The van der Waals surface area contributed by atoms with Crippen molar-refractivity contribution in [3.8, 4) is 0 Å². The van der Waals surface area contributed by atoms with Gasteiger partial charge in [-0.05, 0) is 17.7 Å². The van der Waals surface area contributed by atoms with Crippen LogP contribution in [0.3, 0.4) is 0 Å². The fraction of sp³-hybridized carbons (Fsp3) is 0.545. The number of ketones is 1. The van der Waals surface area contributed by atoms with Crippen LogP contribution in [-0.2, 0) is 4.79 Å². The van der Waals surface area contributed by atoms with Gasteiger partial charge in [-0.1, -0.05) is 19.9 Å². The first-order chi connectivity index (χ1) is 7.00. The number of rotatable bonds is 4. The molecule has 0 heterocycles. The first-order valence-electron chi connectivity index (χ1n) is 5.04. The van der Waals surface area contributed by atoms with Crippen molar-refractivity contribution in [3.63, 3.8) is 0 Å². The average molecular weight is 211 g/mol. The first kappa shape index (κ1) is 12.1. The van der Waals surface area contributed by atoms with E-state index in [1.54, 1.807) is 6.08 Å². The van der Waals surface area contributed by atoms with E-state index in [1.807, 2.05) is 13.8 Å². The highest BCUT2D eigenvalue weighted by Crippen LogP contribution is 2.11. The van der Waals surface area contributed by atoms with E-state index in [0.29, 0.717) is 12.1 Å². The lowest BCUT2D eigenvalue weighted by atomic mass is 9.99. The van der Waals surface area contributed by atoms with Gasteiger partial charge in [0, 0.05) is 12.6 Å². The van der Waals surface area contributed by atoms with Crippen LogP contribution >= 0.6 is 0 Å². The van der Waals surface area contributed by atoms with Crippen LogP contribution in [0.5, 0.6) is 0 Å². The highest BCUT2D eigenvalue weighted by Gasteiger charge is 2.18. The van der Waals surface area contributed by atoms with Crippen LogP contribution in [0, 0.1) is 0 Å². The Kier molecular flexibility index (Phi) is 4.20. The highest BCUT2D eigenvalue weighted by atomic mass is 16.3. The molecule has 1 aliphatic rings. The van der Waals surface area contributed by atoms with E-state index in [4.69, 9.17) is 5.11 Å². The highest BCUT2D eigenvalue weighted by molar-refractivity contribution is 5.97. The minimum atomic E-state index is -1.06. The number of carbonyl (C=O) groups is 1. The number of hydrogen-bond donors (Lipinski definition) is 3. The molecule has 3 N–H and O–H groups in total. The summed E-state index contributed by atoms with van der Waals surface area (Å²) in [7, 11) is 0. The molecule has 0 fully saturated rings. The van der Waals surface area contributed by atoms with Gasteiger partial charge in [-0.2, -0.15) is 0 Å². The van der Waals surface area contributed by atoms with E-state index >= 15 is 0 Å². The van der Waals surface area contributed by atoms with E-state index in [2.05, 4.69) is 5.32 Å². The Hall–Kier alpha value is -0.970. The Morgan fingerprint density at radius 2 is 2.20 bits per heavy atom. The predicted octanol–water partition coefficient (Wildman–Crippen LogP) is -0.229. The van der Waals surface area contributed by atoms with E-state index in [-0.39, 0.29) is 11.8 Å². The maximum atomic E-state index is 11.1. The molecule has 0 aliphatic heterocycles. The fourth-order valence-electron chi connectivity index (χ4n) is 1.27. The second-order valence-electron chi connectivity index (χ2n) is 3.93. The summed E-state index contributed by atoms with van der Waals surface area (Å²) >= 11 is 0. The predicted molar refractivity (Wildman–Crippen MR) is 57.4 cm³/mol. The summed E-state index contributed by atoms with van der Waals surface area (Å²) in [6.45, 7) is 4.36. The summed E-state index contributed by atoms with van der Waals surface area (Å²) in [5, 5.41) is 21.9. The molecule has 2 unspecified atom stereocenters. The Bertz CT molecular complexity index is 294. The minimum Gasteiger partial charge on any atom is -0.387 e. The minimum absolute atomic E-state index is 0.286. The van der Waals surface area contributed by atoms with Crippen LogP contribution < -0.4 is 5.32 Å². The average Bonchev–Trinajstić information content (AvgIpc) is 2.18. The van der Waals surface area contributed by atoms with Crippen molar-refractivity contribution < 1.29 is 15.0 Å². The third-order valence-corrected chi connectivity index (χ3v) is 2.18. The SMILES string of the molecule is CC(C)NCC(O)C1=CC(=O)C(O)C=C1. The van der Waals surface area contributed by atoms with E-state index in [0.717, 1.165) is 0 Å². The zero-order valence-corrected chi connectivity index (χ0v) is 8.97. The lowest BCUT2D eigenvalue weighted by Gasteiger charge is -2.17. The lowest BCUT2D eigenvalue weighted by molar-refractivity contribution is -0.120. The molecule has 1 aliphatic carbocycles. The fourth-order valence-corrected chi connectivity index (χ4v) is 1.27. The van der Waals surface area contributed by atoms with Crippen LogP contribution in [-0.4, -0.2) is 40.8 Å². The van der Waals surface area contributed by atoms with Gasteiger partial charge >= 0.3 is 0 Å².